The molecule has 3 heteroatoms. The highest BCUT2D eigenvalue weighted by molar-refractivity contribution is 7.10. The Bertz CT molecular complexity index is 387. The Kier molecular flexibility index (Phi) is 3.24. The summed E-state index contributed by atoms with van der Waals surface area (Å²) in [6, 6.07) is 2.95. The van der Waals surface area contributed by atoms with Gasteiger partial charge in [0.1, 0.15) is 0 Å². The molecule has 0 spiro atoms. The van der Waals surface area contributed by atoms with Crippen LogP contribution < -0.4 is 5.32 Å². The molecule has 94 valence electrons. The normalized spacial score (nSPS) is 33.9. The van der Waals surface area contributed by atoms with Crippen LogP contribution in [0.3, 0.4) is 0 Å². The van der Waals surface area contributed by atoms with Gasteiger partial charge in [-0.2, -0.15) is 0 Å². The first-order valence-corrected chi connectivity index (χ1v) is 7.64. The predicted octanol–water partition coefficient (Wildman–Crippen LogP) is 2.52. The fourth-order valence-corrected chi connectivity index (χ4v) is 4.18. The van der Waals surface area contributed by atoms with Crippen LogP contribution in [0.15, 0.2) is 11.4 Å². The van der Waals surface area contributed by atoms with Crippen LogP contribution in [0.4, 0.5) is 0 Å². The number of hydrogen-bond acceptors (Lipinski definition) is 3. The Balaban J connectivity index is 1.69. The molecule has 1 unspecified atom stereocenters. The van der Waals surface area contributed by atoms with E-state index in [4.69, 9.17) is 0 Å². The molecule has 3 heterocycles. The van der Waals surface area contributed by atoms with Crippen LogP contribution in [-0.2, 0) is 6.42 Å². The van der Waals surface area contributed by atoms with E-state index in [0.29, 0.717) is 6.04 Å². The Morgan fingerprint density at radius 2 is 2.29 bits per heavy atom. The minimum absolute atomic E-state index is 0.623. The number of rotatable bonds is 2. The Morgan fingerprint density at radius 3 is 3.06 bits per heavy atom. The van der Waals surface area contributed by atoms with Crippen LogP contribution in [0.1, 0.15) is 30.3 Å². The number of fused-ring (bicyclic) bond motifs is 1. The molecule has 0 bridgehead atoms. The molecule has 2 nitrogen and oxygen atoms in total. The Morgan fingerprint density at radius 1 is 1.41 bits per heavy atom. The van der Waals surface area contributed by atoms with Crippen molar-refractivity contribution >= 4 is 11.3 Å². The van der Waals surface area contributed by atoms with Crippen LogP contribution in [0.2, 0.25) is 0 Å². The first-order chi connectivity index (χ1) is 8.25. The van der Waals surface area contributed by atoms with Gasteiger partial charge in [-0.25, -0.2) is 0 Å². The van der Waals surface area contributed by atoms with E-state index in [1.807, 2.05) is 11.3 Å². The lowest BCUT2D eigenvalue weighted by Crippen LogP contribution is -2.38. The zero-order chi connectivity index (χ0) is 11.8. The predicted molar refractivity (Wildman–Crippen MR) is 73.5 cm³/mol. The molecule has 3 rings (SSSR count). The molecule has 0 aliphatic carbocycles. The van der Waals surface area contributed by atoms with Gasteiger partial charge < -0.3 is 5.32 Å². The molecule has 1 fully saturated rings. The molecular weight excluding hydrogens is 228 g/mol. The third-order valence-electron chi connectivity index (χ3n) is 4.55. The lowest BCUT2D eigenvalue weighted by molar-refractivity contribution is 0.161. The maximum Gasteiger partial charge on any atom is 0.0331 e. The molecule has 0 amide bonds. The van der Waals surface area contributed by atoms with Crippen molar-refractivity contribution in [2.24, 2.45) is 11.8 Å². The monoisotopic (exact) mass is 250 g/mol. The fraction of sp³-hybridized carbons (Fsp3) is 0.714. The second-order valence-electron chi connectivity index (χ2n) is 5.62. The average Bonchev–Trinajstić information content (AvgIpc) is 2.92. The quantitative estimate of drug-likeness (QED) is 0.867. The molecule has 2 aliphatic rings. The lowest BCUT2D eigenvalue weighted by atomic mass is 9.94. The van der Waals surface area contributed by atoms with Crippen LogP contribution in [-0.4, -0.2) is 31.1 Å². The summed E-state index contributed by atoms with van der Waals surface area (Å²) >= 11 is 1.94. The maximum atomic E-state index is 3.52. The van der Waals surface area contributed by atoms with Gasteiger partial charge in [-0.3, -0.25) is 4.90 Å². The van der Waals surface area contributed by atoms with E-state index in [-0.39, 0.29) is 0 Å². The Labute approximate surface area is 108 Å². The smallest absolute Gasteiger partial charge is 0.0331 e. The summed E-state index contributed by atoms with van der Waals surface area (Å²) in [6.45, 7) is 9.69. The molecule has 1 N–H and O–H groups in total. The third-order valence-corrected chi connectivity index (χ3v) is 5.55. The first-order valence-electron chi connectivity index (χ1n) is 6.76. The van der Waals surface area contributed by atoms with E-state index in [1.54, 1.807) is 10.4 Å². The summed E-state index contributed by atoms with van der Waals surface area (Å²) in [5.41, 5.74) is 1.58. The minimum atomic E-state index is 0.623. The van der Waals surface area contributed by atoms with Crippen molar-refractivity contribution in [2.45, 2.75) is 26.3 Å². The molecule has 0 aromatic carbocycles. The van der Waals surface area contributed by atoms with E-state index in [2.05, 4.69) is 35.5 Å². The van der Waals surface area contributed by atoms with Crippen LogP contribution in [0.25, 0.3) is 0 Å². The van der Waals surface area contributed by atoms with Crippen molar-refractivity contribution in [3.05, 3.63) is 21.9 Å². The highest BCUT2D eigenvalue weighted by atomic mass is 32.1. The van der Waals surface area contributed by atoms with Crippen molar-refractivity contribution in [2.75, 3.05) is 26.2 Å². The van der Waals surface area contributed by atoms with Crippen LogP contribution >= 0.6 is 11.3 Å². The second-order valence-corrected chi connectivity index (χ2v) is 6.62. The summed E-state index contributed by atoms with van der Waals surface area (Å²) in [4.78, 5) is 4.30. The lowest BCUT2D eigenvalue weighted by Gasteiger charge is -2.36. The summed E-state index contributed by atoms with van der Waals surface area (Å²) in [5.74, 6) is 1.68. The van der Waals surface area contributed by atoms with Crippen molar-refractivity contribution in [1.82, 2.24) is 10.2 Å². The van der Waals surface area contributed by atoms with Gasteiger partial charge in [0.05, 0.1) is 0 Å². The van der Waals surface area contributed by atoms with E-state index >= 15 is 0 Å². The first kappa shape index (κ1) is 11.7. The van der Waals surface area contributed by atoms with Crippen molar-refractivity contribution < 1.29 is 0 Å². The van der Waals surface area contributed by atoms with E-state index in [0.717, 1.165) is 11.8 Å². The standard InChI is InChI=1S/C14H22N2S/c1-10-7-15-8-12(10)9-16-5-3-14-13(11(16)2)4-6-17-14/h4,6,10-12,15H,3,5,7-9H2,1-2H3/t10-,11?,12+/m1/s1. The molecule has 1 aromatic heterocycles. The molecule has 1 aromatic rings. The molecule has 3 atom stereocenters. The van der Waals surface area contributed by atoms with E-state index < -0.39 is 0 Å². The topological polar surface area (TPSA) is 15.3 Å². The third kappa shape index (κ3) is 2.16. The van der Waals surface area contributed by atoms with Crippen molar-refractivity contribution in [3.8, 4) is 0 Å². The average molecular weight is 250 g/mol. The highest BCUT2D eigenvalue weighted by Crippen LogP contribution is 2.34. The zero-order valence-corrected chi connectivity index (χ0v) is 11.6. The van der Waals surface area contributed by atoms with Gasteiger partial charge in [0.25, 0.3) is 0 Å². The molecule has 17 heavy (non-hydrogen) atoms. The van der Waals surface area contributed by atoms with E-state index in [9.17, 15) is 0 Å². The van der Waals surface area contributed by atoms with Crippen LogP contribution in [0, 0.1) is 11.8 Å². The van der Waals surface area contributed by atoms with Gasteiger partial charge >= 0.3 is 0 Å². The molecular formula is C14H22N2S. The maximum absolute atomic E-state index is 3.52. The van der Waals surface area contributed by atoms with E-state index in [1.165, 1.54) is 32.6 Å². The summed E-state index contributed by atoms with van der Waals surface area (Å²) in [6.07, 6.45) is 1.26. The zero-order valence-electron chi connectivity index (χ0n) is 10.8. The van der Waals surface area contributed by atoms with Crippen molar-refractivity contribution in [3.63, 3.8) is 0 Å². The summed E-state index contributed by atoms with van der Waals surface area (Å²) in [7, 11) is 0. The number of nitrogens with zero attached hydrogens (tertiary/aromatic N) is 1. The molecule has 0 saturated carbocycles. The van der Waals surface area contributed by atoms with Gasteiger partial charge in [0.2, 0.25) is 0 Å². The number of nitrogens with one attached hydrogen (secondary N) is 1. The Hall–Kier alpha value is -0.380. The summed E-state index contributed by atoms with van der Waals surface area (Å²) < 4.78 is 0. The SMILES string of the molecule is CC1c2ccsc2CCN1C[C@@H]1CNC[C@H]1C. The van der Waals surface area contributed by atoms with Crippen molar-refractivity contribution in [1.29, 1.82) is 0 Å². The highest BCUT2D eigenvalue weighted by Gasteiger charge is 2.30. The largest absolute Gasteiger partial charge is 0.316 e. The minimum Gasteiger partial charge on any atom is -0.316 e. The molecule has 1 saturated heterocycles. The number of hydrogen-bond donors (Lipinski definition) is 1. The number of thiophene rings is 1. The van der Waals surface area contributed by atoms with Crippen LogP contribution in [0.5, 0.6) is 0 Å². The van der Waals surface area contributed by atoms with Gasteiger partial charge in [-0.1, -0.05) is 6.92 Å². The second kappa shape index (κ2) is 4.71. The van der Waals surface area contributed by atoms with Gasteiger partial charge in [0, 0.05) is 24.0 Å². The van der Waals surface area contributed by atoms with Gasteiger partial charge in [-0.05, 0) is 55.3 Å². The van der Waals surface area contributed by atoms with Gasteiger partial charge in [0.15, 0.2) is 0 Å². The summed E-state index contributed by atoms with van der Waals surface area (Å²) in [5, 5.41) is 5.77. The fourth-order valence-electron chi connectivity index (χ4n) is 3.22. The van der Waals surface area contributed by atoms with Gasteiger partial charge in [-0.15, -0.1) is 11.3 Å². The molecule has 0 radical (unpaired) electrons. The molecule has 2 aliphatic heterocycles.